The van der Waals surface area contributed by atoms with Crippen LogP contribution in [-0.4, -0.2) is 24.0 Å². The summed E-state index contributed by atoms with van der Waals surface area (Å²) in [6.45, 7) is 1.40. The highest BCUT2D eigenvalue weighted by atomic mass is 32.1. The lowest BCUT2D eigenvalue weighted by molar-refractivity contribution is -0.120. The number of piperidine rings is 1. The van der Waals surface area contributed by atoms with Crippen molar-refractivity contribution >= 4 is 38.8 Å². The van der Waals surface area contributed by atoms with Gasteiger partial charge in [0.1, 0.15) is 17.5 Å². The molecule has 2 aromatic heterocycles. The van der Waals surface area contributed by atoms with Gasteiger partial charge in [-0.25, -0.2) is 13.8 Å². The summed E-state index contributed by atoms with van der Waals surface area (Å²) in [5.74, 6) is -0.762. The van der Waals surface area contributed by atoms with Gasteiger partial charge < -0.3 is 10.2 Å². The maximum Gasteiger partial charge on any atom is 0.227 e. The topological polar surface area (TPSA) is 45.2 Å². The molecular weight excluding hydrogens is 356 g/mol. The van der Waals surface area contributed by atoms with E-state index in [4.69, 9.17) is 0 Å². The molecule has 0 bridgehead atoms. The molecule has 0 unspecified atom stereocenters. The van der Waals surface area contributed by atoms with Gasteiger partial charge in [0, 0.05) is 41.4 Å². The lowest BCUT2D eigenvalue weighted by Gasteiger charge is -2.32. The molecule has 0 spiro atoms. The Bertz CT molecular complexity index is 951. The first-order chi connectivity index (χ1) is 12.6. The van der Waals surface area contributed by atoms with Crippen molar-refractivity contribution in [2.24, 2.45) is 5.92 Å². The third kappa shape index (κ3) is 3.26. The zero-order valence-electron chi connectivity index (χ0n) is 13.9. The van der Waals surface area contributed by atoms with Gasteiger partial charge in [-0.05, 0) is 42.5 Å². The van der Waals surface area contributed by atoms with Crippen LogP contribution in [0.5, 0.6) is 0 Å². The van der Waals surface area contributed by atoms with Gasteiger partial charge >= 0.3 is 0 Å². The summed E-state index contributed by atoms with van der Waals surface area (Å²) in [6.07, 6.45) is 3.09. The first kappa shape index (κ1) is 16.9. The number of fused-ring (bicyclic) bond motifs is 1. The van der Waals surface area contributed by atoms with Crippen LogP contribution in [-0.2, 0) is 4.79 Å². The standard InChI is InChI=1S/C19H17F2N3OS/c20-13-1-2-15(21)16(11-13)23-19(25)12-4-8-24(9-5-12)18-14-6-10-26-17(14)3-7-22-18/h1-3,6-7,10-12H,4-5,8-9H2,(H,23,25). The van der Waals surface area contributed by atoms with Crippen LogP contribution in [0.3, 0.4) is 0 Å². The molecule has 1 saturated heterocycles. The number of hydrogen-bond donors (Lipinski definition) is 1. The quantitative estimate of drug-likeness (QED) is 0.739. The molecule has 0 atom stereocenters. The number of anilines is 2. The first-order valence-electron chi connectivity index (χ1n) is 8.45. The summed E-state index contributed by atoms with van der Waals surface area (Å²) in [7, 11) is 0. The number of carbonyl (C=O) groups is 1. The summed E-state index contributed by atoms with van der Waals surface area (Å²) in [5, 5.41) is 5.69. The third-order valence-electron chi connectivity index (χ3n) is 4.71. The van der Waals surface area contributed by atoms with Crippen LogP contribution in [0.15, 0.2) is 41.9 Å². The van der Waals surface area contributed by atoms with Crippen molar-refractivity contribution in [1.29, 1.82) is 0 Å². The van der Waals surface area contributed by atoms with Crippen LogP contribution in [0.1, 0.15) is 12.8 Å². The number of rotatable bonds is 3. The number of pyridine rings is 1. The smallest absolute Gasteiger partial charge is 0.227 e. The van der Waals surface area contributed by atoms with Crippen molar-refractivity contribution in [3.63, 3.8) is 0 Å². The first-order valence-corrected chi connectivity index (χ1v) is 9.33. The number of hydrogen-bond acceptors (Lipinski definition) is 4. The molecule has 1 aliphatic heterocycles. The summed E-state index contributed by atoms with van der Waals surface area (Å²) in [4.78, 5) is 19.1. The highest BCUT2D eigenvalue weighted by molar-refractivity contribution is 7.17. The molecule has 134 valence electrons. The van der Waals surface area contributed by atoms with E-state index >= 15 is 0 Å². The second-order valence-corrected chi connectivity index (χ2v) is 7.29. The number of amides is 1. The van der Waals surface area contributed by atoms with E-state index in [9.17, 15) is 13.6 Å². The van der Waals surface area contributed by atoms with Gasteiger partial charge in [-0.3, -0.25) is 4.79 Å². The molecule has 0 radical (unpaired) electrons. The van der Waals surface area contributed by atoms with Gasteiger partial charge in [0.2, 0.25) is 5.91 Å². The fourth-order valence-corrected chi connectivity index (χ4v) is 4.09. The van der Waals surface area contributed by atoms with E-state index in [2.05, 4.69) is 21.3 Å². The van der Waals surface area contributed by atoms with Gasteiger partial charge in [-0.15, -0.1) is 11.3 Å². The number of carbonyl (C=O) groups excluding carboxylic acids is 1. The Morgan fingerprint density at radius 3 is 2.81 bits per heavy atom. The minimum Gasteiger partial charge on any atom is -0.356 e. The second-order valence-electron chi connectivity index (χ2n) is 6.34. The fraction of sp³-hybridized carbons (Fsp3) is 0.263. The molecule has 1 aromatic carbocycles. The molecule has 0 aliphatic carbocycles. The Morgan fingerprint density at radius 1 is 1.19 bits per heavy atom. The van der Waals surface area contributed by atoms with Gasteiger partial charge in [0.15, 0.2) is 0 Å². The van der Waals surface area contributed by atoms with Crippen LogP contribution in [0.2, 0.25) is 0 Å². The largest absolute Gasteiger partial charge is 0.356 e. The number of benzene rings is 1. The molecular formula is C19H17F2N3OS. The van der Waals surface area contributed by atoms with Crippen molar-refractivity contribution in [3.8, 4) is 0 Å². The average molecular weight is 373 g/mol. The number of nitrogens with one attached hydrogen (secondary N) is 1. The van der Waals surface area contributed by atoms with Crippen LogP contribution >= 0.6 is 11.3 Å². The van der Waals surface area contributed by atoms with E-state index in [1.54, 1.807) is 17.5 Å². The average Bonchev–Trinajstić information content (AvgIpc) is 3.13. The monoisotopic (exact) mass is 373 g/mol. The summed E-state index contributed by atoms with van der Waals surface area (Å²) >= 11 is 1.68. The molecule has 1 aliphatic rings. The molecule has 4 nitrogen and oxygen atoms in total. The molecule has 7 heteroatoms. The molecule has 26 heavy (non-hydrogen) atoms. The summed E-state index contributed by atoms with van der Waals surface area (Å²) in [6, 6.07) is 7.11. The van der Waals surface area contributed by atoms with Gasteiger partial charge in [0.25, 0.3) is 0 Å². The predicted molar refractivity (Wildman–Crippen MR) is 99.5 cm³/mol. The molecule has 3 heterocycles. The maximum absolute atomic E-state index is 13.7. The molecule has 4 rings (SSSR count). The van der Waals surface area contributed by atoms with E-state index in [-0.39, 0.29) is 17.5 Å². The molecule has 3 aromatic rings. The summed E-state index contributed by atoms with van der Waals surface area (Å²) in [5.41, 5.74) is -0.109. The zero-order chi connectivity index (χ0) is 18.1. The Morgan fingerprint density at radius 2 is 2.00 bits per heavy atom. The normalized spacial score (nSPS) is 15.4. The highest BCUT2D eigenvalue weighted by Gasteiger charge is 2.27. The Hall–Kier alpha value is -2.54. The van der Waals surface area contributed by atoms with Crippen LogP contribution in [0.25, 0.3) is 10.1 Å². The Labute approximate surface area is 153 Å². The Kier molecular flexibility index (Phi) is 4.55. The van der Waals surface area contributed by atoms with Crippen molar-refractivity contribution < 1.29 is 13.6 Å². The number of aromatic nitrogens is 1. The molecule has 1 N–H and O–H groups in total. The third-order valence-corrected chi connectivity index (χ3v) is 5.59. The van der Waals surface area contributed by atoms with Crippen molar-refractivity contribution in [2.75, 3.05) is 23.3 Å². The number of nitrogens with zero attached hydrogens (tertiary/aromatic N) is 2. The Balaban J connectivity index is 1.42. The summed E-state index contributed by atoms with van der Waals surface area (Å²) < 4.78 is 28.1. The zero-order valence-corrected chi connectivity index (χ0v) is 14.7. The fourth-order valence-electron chi connectivity index (χ4n) is 3.31. The molecule has 0 saturated carbocycles. The van der Waals surface area contributed by atoms with E-state index in [1.807, 2.05) is 11.4 Å². The van der Waals surface area contributed by atoms with E-state index in [0.29, 0.717) is 25.9 Å². The van der Waals surface area contributed by atoms with Crippen molar-refractivity contribution in [2.45, 2.75) is 12.8 Å². The number of halogens is 2. The van der Waals surface area contributed by atoms with E-state index in [1.165, 1.54) is 4.70 Å². The number of thiophene rings is 1. The lowest BCUT2D eigenvalue weighted by Crippen LogP contribution is -2.38. The van der Waals surface area contributed by atoms with Crippen LogP contribution in [0, 0.1) is 17.6 Å². The van der Waals surface area contributed by atoms with E-state index in [0.717, 1.165) is 29.4 Å². The highest BCUT2D eigenvalue weighted by Crippen LogP contribution is 2.31. The van der Waals surface area contributed by atoms with Gasteiger partial charge in [0.05, 0.1) is 5.69 Å². The van der Waals surface area contributed by atoms with Gasteiger partial charge in [-0.2, -0.15) is 0 Å². The van der Waals surface area contributed by atoms with E-state index < -0.39 is 11.6 Å². The molecule has 1 fully saturated rings. The lowest BCUT2D eigenvalue weighted by atomic mass is 9.95. The van der Waals surface area contributed by atoms with Gasteiger partial charge in [-0.1, -0.05) is 0 Å². The maximum atomic E-state index is 13.7. The predicted octanol–water partition coefficient (Wildman–Crippen LogP) is 4.43. The molecule has 1 amide bonds. The van der Waals surface area contributed by atoms with Crippen molar-refractivity contribution in [1.82, 2.24) is 4.98 Å². The van der Waals surface area contributed by atoms with Crippen molar-refractivity contribution in [3.05, 3.63) is 53.5 Å². The minimum absolute atomic E-state index is 0.109. The van der Waals surface area contributed by atoms with Crippen LogP contribution < -0.4 is 10.2 Å². The second kappa shape index (κ2) is 6.99. The SMILES string of the molecule is O=C(Nc1cc(F)ccc1F)C1CCN(c2nccc3sccc23)CC1. The minimum atomic E-state index is -0.634. The van der Waals surface area contributed by atoms with Crippen LogP contribution in [0.4, 0.5) is 20.3 Å².